The lowest BCUT2D eigenvalue weighted by Gasteiger charge is -2.21. The molecule has 4 nitrogen and oxygen atoms in total. The van der Waals surface area contributed by atoms with Gasteiger partial charge in [-0.2, -0.15) is 13.2 Å². The lowest BCUT2D eigenvalue weighted by atomic mass is 10.1. The Morgan fingerprint density at radius 3 is 2.72 bits per heavy atom. The van der Waals surface area contributed by atoms with Crippen LogP contribution >= 0.6 is 11.3 Å². The van der Waals surface area contributed by atoms with Crippen LogP contribution in [0.2, 0.25) is 0 Å². The van der Waals surface area contributed by atoms with E-state index in [1.54, 1.807) is 11.3 Å². The largest absolute Gasteiger partial charge is 0.490 e. The fourth-order valence-corrected chi connectivity index (χ4v) is 2.41. The minimum Gasteiger partial charge on any atom is -0.475 e. The molecule has 0 aromatic carbocycles. The lowest BCUT2D eigenvalue weighted by Crippen LogP contribution is -2.21. The number of hydrogen-bond acceptors (Lipinski definition) is 4. The maximum Gasteiger partial charge on any atom is 0.490 e. The fraction of sp³-hybridized carbons (Fsp3) is 0.500. The number of hydrogen-bond donors (Lipinski definition) is 2. The van der Waals surface area contributed by atoms with Gasteiger partial charge in [0.15, 0.2) is 0 Å². The van der Waals surface area contributed by atoms with E-state index in [0.29, 0.717) is 6.54 Å². The van der Waals surface area contributed by atoms with Gasteiger partial charge in [0.1, 0.15) is 6.10 Å². The van der Waals surface area contributed by atoms with Gasteiger partial charge in [0.2, 0.25) is 0 Å². The van der Waals surface area contributed by atoms with Crippen LogP contribution in [0.25, 0.3) is 0 Å². The predicted octanol–water partition coefficient (Wildman–Crippen LogP) is 1.95. The molecule has 18 heavy (non-hydrogen) atoms. The monoisotopic (exact) mass is 283 g/mol. The van der Waals surface area contributed by atoms with Crippen molar-refractivity contribution in [2.45, 2.75) is 18.7 Å². The van der Waals surface area contributed by atoms with Crippen molar-refractivity contribution < 1.29 is 27.8 Å². The van der Waals surface area contributed by atoms with Crippen LogP contribution in [-0.4, -0.2) is 30.4 Å². The van der Waals surface area contributed by atoms with Crippen molar-refractivity contribution in [1.82, 2.24) is 0 Å². The Hall–Kier alpha value is -1.12. The van der Waals surface area contributed by atoms with Gasteiger partial charge in [0, 0.05) is 11.4 Å². The molecular formula is C10H12F3NO3S. The minimum atomic E-state index is -5.08. The Kier molecular flexibility index (Phi) is 5.12. The number of carboxylic acids is 1. The molecule has 0 spiro atoms. The second kappa shape index (κ2) is 6.17. The standard InChI is InChI=1S/C8H11NOS.C2HF3O2/c9-5-7-8-6(1-3-10-7)2-4-11-8;3-2(4,5)1(6)7/h2,4,7H,1,3,5,9H2;(H,6,7)/t7-;/m0./s1. The van der Waals surface area contributed by atoms with Crippen molar-refractivity contribution in [2.75, 3.05) is 13.2 Å². The van der Waals surface area contributed by atoms with Crippen LogP contribution in [0.3, 0.4) is 0 Å². The van der Waals surface area contributed by atoms with E-state index in [2.05, 4.69) is 11.4 Å². The van der Waals surface area contributed by atoms with E-state index >= 15 is 0 Å². The first-order valence-electron chi connectivity index (χ1n) is 5.04. The quantitative estimate of drug-likeness (QED) is 0.826. The molecule has 0 radical (unpaired) electrons. The highest BCUT2D eigenvalue weighted by Crippen LogP contribution is 2.30. The van der Waals surface area contributed by atoms with Gasteiger partial charge in [0.05, 0.1) is 6.61 Å². The number of alkyl halides is 3. The van der Waals surface area contributed by atoms with Gasteiger partial charge in [-0.1, -0.05) is 0 Å². The first-order valence-corrected chi connectivity index (χ1v) is 5.92. The highest BCUT2D eigenvalue weighted by Gasteiger charge is 2.38. The Morgan fingerprint density at radius 2 is 2.22 bits per heavy atom. The molecular weight excluding hydrogens is 271 g/mol. The molecule has 3 N–H and O–H groups in total. The molecule has 0 amide bonds. The predicted molar refractivity (Wildman–Crippen MR) is 59.5 cm³/mol. The van der Waals surface area contributed by atoms with Gasteiger partial charge in [-0.3, -0.25) is 0 Å². The van der Waals surface area contributed by atoms with Crippen molar-refractivity contribution in [3.05, 3.63) is 21.9 Å². The topological polar surface area (TPSA) is 72.5 Å². The Balaban J connectivity index is 0.000000203. The summed E-state index contributed by atoms with van der Waals surface area (Å²) in [5.41, 5.74) is 6.99. The zero-order valence-corrected chi connectivity index (χ0v) is 10.1. The molecule has 1 aromatic heterocycles. The summed E-state index contributed by atoms with van der Waals surface area (Å²) in [6.45, 7) is 1.43. The second-order valence-corrected chi connectivity index (χ2v) is 4.41. The number of ether oxygens (including phenoxy) is 1. The Morgan fingerprint density at radius 1 is 1.61 bits per heavy atom. The number of carboxylic acid groups (broad SMARTS) is 1. The van der Waals surface area contributed by atoms with Gasteiger partial charge in [-0.05, 0) is 23.4 Å². The number of carbonyl (C=O) groups is 1. The van der Waals surface area contributed by atoms with Crippen molar-refractivity contribution in [3.8, 4) is 0 Å². The van der Waals surface area contributed by atoms with E-state index in [0.717, 1.165) is 13.0 Å². The molecule has 102 valence electrons. The molecule has 1 aromatic rings. The number of aliphatic carboxylic acids is 1. The maximum atomic E-state index is 10.6. The smallest absolute Gasteiger partial charge is 0.475 e. The summed E-state index contributed by atoms with van der Waals surface area (Å²) < 4.78 is 37.2. The zero-order chi connectivity index (χ0) is 13.8. The summed E-state index contributed by atoms with van der Waals surface area (Å²) >= 11 is 1.75. The average Bonchev–Trinajstić information content (AvgIpc) is 2.76. The van der Waals surface area contributed by atoms with Gasteiger partial charge in [0.25, 0.3) is 0 Å². The summed E-state index contributed by atoms with van der Waals surface area (Å²) in [6.07, 6.45) is -3.87. The third-order valence-corrected chi connectivity index (χ3v) is 3.27. The van der Waals surface area contributed by atoms with E-state index in [4.69, 9.17) is 20.4 Å². The zero-order valence-electron chi connectivity index (χ0n) is 9.24. The lowest BCUT2D eigenvalue weighted by molar-refractivity contribution is -0.192. The minimum absolute atomic E-state index is 0.166. The SMILES string of the molecule is NC[C@@H]1OCCc2ccsc21.O=C(O)C(F)(F)F. The molecule has 8 heteroatoms. The molecule has 0 unspecified atom stereocenters. The van der Waals surface area contributed by atoms with Gasteiger partial charge in [-0.15, -0.1) is 11.3 Å². The highest BCUT2D eigenvalue weighted by atomic mass is 32.1. The summed E-state index contributed by atoms with van der Waals surface area (Å²) in [4.78, 5) is 10.2. The van der Waals surface area contributed by atoms with E-state index in [9.17, 15) is 13.2 Å². The molecule has 2 heterocycles. The third-order valence-electron chi connectivity index (χ3n) is 2.22. The van der Waals surface area contributed by atoms with Crippen molar-refractivity contribution in [3.63, 3.8) is 0 Å². The molecule has 0 fully saturated rings. The van der Waals surface area contributed by atoms with Gasteiger partial charge in [-0.25, -0.2) is 4.79 Å². The van der Waals surface area contributed by atoms with Crippen molar-refractivity contribution in [2.24, 2.45) is 5.73 Å². The number of nitrogens with two attached hydrogens (primary N) is 1. The molecule has 2 rings (SSSR count). The normalized spacial score (nSPS) is 18.6. The van der Waals surface area contributed by atoms with Gasteiger partial charge < -0.3 is 15.6 Å². The van der Waals surface area contributed by atoms with Crippen LogP contribution < -0.4 is 5.73 Å². The molecule has 1 aliphatic rings. The van der Waals surface area contributed by atoms with E-state index < -0.39 is 12.1 Å². The Labute approximate surface area is 105 Å². The van der Waals surface area contributed by atoms with Crippen LogP contribution in [0.15, 0.2) is 11.4 Å². The van der Waals surface area contributed by atoms with Crippen LogP contribution in [0, 0.1) is 0 Å². The fourth-order valence-electron chi connectivity index (χ4n) is 1.40. The van der Waals surface area contributed by atoms with Crippen molar-refractivity contribution >= 4 is 17.3 Å². The molecule has 1 atom stereocenters. The number of fused-ring (bicyclic) bond motifs is 1. The van der Waals surface area contributed by atoms with Crippen LogP contribution in [0.5, 0.6) is 0 Å². The molecule has 1 aliphatic heterocycles. The molecule has 0 saturated carbocycles. The molecule has 0 bridgehead atoms. The summed E-state index contributed by atoms with van der Waals surface area (Å²) in [5, 5.41) is 9.24. The summed E-state index contributed by atoms with van der Waals surface area (Å²) in [7, 11) is 0. The van der Waals surface area contributed by atoms with E-state index in [-0.39, 0.29) is 6.10 Å². The number of thiophene rings is 1. The first kappa shape index (κ1) is 14.9. The summed E-state index contributed by atoms with van der Waals surface area (Å²) in [5.74, 6) is -2.76. The number of halogens is 3. The molecule has 0 aliphatic carbocycles. The number of rotatable bonds is 1. The first-order chi connectivity index (χ1) is 8.36. The van der Waals surface area contributed by atoms with E-state index in [1.807, 2.05) is 0 Å². The molecule has 0 saturated heterocycles. The van der Waals surface area contributed by atoms with Crippen LogP contribution in [0.1, 0.15) is 16.5 Å². The van der Waals surface area contributed by atoms with E-state index in [1.165, 1.54) is 10.4 Å². The third kappa shape index (κ3) is 3.97. The maximum absolute atomic E-state index is 10.6. The van der Waals surface area contributed by atoms with Crippen molar-refractivity contribution in [1.29, 1.82) is 0 Å². The second-order valence-electron chi connectivity index (χ2n) is 3.46. The van der Waals surface area contributed by atoms with Gasteiger partial charge >= 0.3 is 12.1 Å². The summed E-state index contributed by atoms with van der Waals surface area (Å²) in [6, 6.07) is 2.17. The van der Waals surface area contributed by atoms with Crippen LogP contribution in [0.4, 0.5) is 13.2 Å². The highest BCUT2D eigenvalue weighted by molar-refractivity contribution is 7.10. The van der Waals surface area contributed by atoms with Crippen LogP contribution in [-0.2, 0) is 16.0 Å². The average molecular weight is 283 g/mol. The Bertz CT molecular complexity index is 405.